The van der Waals surface area contributed by atoms with Crippen LogP contribution in [0.15, 0.2) is 91.3 Å². The molecule has 162 valence electrons. The summed E-state index contributed by atoms with van der Waals surface area (Å²) < 4.78 is 31.2. The monoisotopic (exact) mass is 446 g/mol. The number of benzene rings is 3. The molecular weight excluding hydrogens is 424 g/mol. The van der Waals surface area contributed by atoms with E-state index in [-0.39, 0.29) is 6.54 Å². The molecule has 0 radical (unpaired) electrons. The number of sulfonamides is 1. The summed E-state index contributed by atoms with van der Waals surface area (Å²) in [5, 5.41) is 3.25. The number of anilines is 2. The van der Waals surface area contributed by atoms with E-state index in [4.69, 9.17) is 4.74 Å². The van der Waals surface area contributed by atoms with Gasteiger partial charge in [0.05, 0.1) is 11.9 Å². The minimum atomic E-state index is -3.26. The summed E-state index contributed by atoms with van der Waals surface area (Å²) in [5.41, 5.74) is 3.17. The molecule has 8 heteroatoms. The van der Waals surface area contributed by atoms with Gasteiger partial charge in [0.1, 0.15) is 23.6 Å². The molecule has 0 amide bonds. The molecule has 2 N–H and O–H groups in total. The van der Waals surface area contributed by atoms with Crippen molar-refractivity contribution in [3.05, 3.63) is 96.8 Å². The average molecular weight is 447 g/mol. The van der Waals surface area contributed by atoms with E-state index in [0.29, 0.717) is 17.3 Å². The predicted molar refractivity (Wildman–Crippen MR) is 125 cm³/mol. The van der Waals surface area contributed by atoms with Crippen LogP contribution in [0.2, 0.25) is 0 Å². The molecule has 0 saturated carbocycles. The lowest BCUT2D eigenvalue weighted by Gasteiger charge is -2.12. The molecule has 4 aromatic rings. The molecule has 0 fully saturated rings. The van der Waals surface area contributed by atoms with Gasteiger partial charge in [-0.05, 0) is 42.0 Å². The van der Waals surface area contributed by atoms with Gasteiger partial charge in [-0.3, -0.25) is 0 Å². The summed E-state index contributed by atoms with van der Waals surface area (Å²) in [6.45, 7) is 0.216. The molecule has 0 bridgehead atoms. The second-order valence-corrected chi connectivity index (χ2v) is 8.95. The fourth-order valence-corrected chi connectivity index (χ4v) is 3.51. The van der Waals surface area contributed by atoms with E-state index in [2.05, 4.69) is 20.0 Å². The Bertz CT molecular complexity index is 1310. The van der Waals surface area contributed by atoms with Crippen LogP contribution in [0.3, 0.4) is 0 Å². The van der Waals surface area contributed by atoms with E-state index in [1.54, 1.807) is 0 Å². The van der Waals surface area contributed by atoms with Crippen molar-refractivity contribution in [2.75, 3.05) is 11.6 Å². The highest BCUT2D eigenvalue weighted by Gasteiger charge is 2.10. The molecule has 0 aliphatic heterocycles. The Hall–Kier alpha value is -3.75. The molecule has 0 spiro atoms. The summed E-state index contributed by atoms with van der Waals surface area (Å²) in [5.74, 6) is 2.04. The number of hydrogen-bond donors (Lipinski definition) is 2. The zero-order chi connectivity index (χ0) is 22.4. The summed E-state index contributed by atoms with van der Waals surface area (Å²) >= 11 is 0. The standard InChI is InChI=1S/C24H22N4O3S/c1-32(29,30)27-16-18-8-7-9-19(14-18)28-24-15-22(25-17-26-24)21-12-5-6-13-23(21)31-20-10-3-2-4-11-20/h2-15,17,27H,16H2,1H3,(H,25,26,28). The molecule has 0 aliphatic carbocycles. The van der Waals surface area contributed by atoms with Gasteiger partial charge >= 0.3 is 0 Å². The van der Waals surface area contributed by atoms with E-state index in [1.807, 2.05) is 84.9 Å². The van der Waals surface area contributed by atoms with E-state index >= 15 is 0 Å². The molecule has 7 nitrogen and oxygen atoms in total. The molecule has 1 heterocycles. The van der Waals surface area contributed by atoms with Crippen LogP contribution in [0, 0.1) is 0 Å². The second kappa shape index (κ2) is 9.59. The molecule has 0 aliphatic rings. The van der Waals surface area contributed by atoms with Gasteiger partial charge in [0.2, 0.25) is 10.0 Å². The highest BCUT2D eigenvalue weighted by atomic mass is 32.2. The Morgan fingerprint density at radius 3 is 2.47 bits per heavy atom. The summed E-state index contributed by atoms with van der Waals surface area (Å²) in [4.78, 5) is 8.73. The normalized spacial score (nSPS) is 11.2. The van der Waals surface area contributed by atoms with Crippen molar-refractivity contribution in [1.82, 2.24) is 14.7 Å². The first-order valence-electron chi connectivity index (χ1n) is 9.91. The lowest BCUT2D eigenvalue weighted by molar-refractivity contribution is 0.484. The zero-order valence-corrected chi connectivity index (χ0v) is 18.2. The summed E-state index contributed by atoms with van der Waals surface area (Å²) in [6.07, 6.45) is 2.63. The van der Waals surface area contributed by atoms with Gasteiger partial charge in [-0.15, -0.1) is 0 Å². The maximum absolute atomic E-state index is 11.3. The van der Waals surface area contributed by atoms with Crippen LogP contribution in [0.5, 0.6) is 11.5 Å². The Morgan fingerprint density at radius 1 is 0.875 bits per heavy atom. The molecule has 3 aromatic carbocycles. The van der Waals surface area contributed by atoms with E-state index < -0.39 is 10.0 Å². The second-order valence-electron chi connectivity index (χ2n) is 7.12. The molecule has 0 unspecified atom stereocenters. The van der Waals surface area contributed by atoms with Gasteiger partial charge in [-0.2, -0.15) is 0 Å². The first-order chi connectivity index (χ1) is 15.5. The van der Waals surface area contributed by atoms with Crippen molar-refractivity contribution in [1.29, 1.82) is 0 Å². The largest absolute Gasteiger partial charge is 0.457 e. The lowest BCUT2D eigenvalue weighted by Crippen LogP contribution is -2.21. The van der Waals surface area contributed by atoms with Gasteiger partial charge in [-0.25, -0.2) is 23.1 Å². The van der Waals surface area contributed by atoms with E-state index in [0.717, 1.165) is 28.8 Å². The topological polar surface area (TPSA) is 93.2 Å². The lowest BCUT2D eigenvalue weighted by atomic mass is 10.1. The zero-order valence-electron chi connectivity index (χ0n) is 17.4. The summed E-state index contributed by atoms with van der Waals surface area (Å²) in [6, 6.07) is 26.6. The van der Waals surface area contributed by atoms with Gasteiger partial charge in [0.15, 0.2) is 0 Å². The highest BCUT2D eigenvalue weighted by Crippen LogP contribution is 2.33. The van der Waals surface area contributed by atoms with Crippen LogP contribution in [-0.4, -0.2) is 24.6 Å². The number of para-hydroxylation sites is 2. The molecule has 0 saturated heterocycles. The number of aromatic nitrogens is 2. The minimum Gasteiger partial charge on any atom is -0.457 e. The van der Waals surface area contributed by atoms with Gasteiger partial charge in [-0.1, -0.05) is 42.5 Å². The Labute approximate surface area is 187 Å². The fraction of sp³-hybridized carbons (Fsp3) is 0.0833. The number of hydrogen-bond acceptors (Lipinski definition) is 6. The molecule has 0 atom stereocenters. The molecular formula is C24H22N4O3S. The van der Waals surface area contributed by atoms with Crippen molar-refractivity contribution < 1.29 is 13.2 Å². The Morgan fingerprint density at radius 2 is 1.66 bits per heavy atom. The number of ether oxygens (including phenoxy) is 1. The highest BCUT2D eigenvalue weighted by molar-refractivity contribution is 7.88. The van der Waals surface area contributed by atoms with Crippen molar-refractivity contribution >= 4 is 21.5 Å². The maximum atomic E-state index is 11.3. The van der Waals surface area contributed by atoms with Crippen LogP contribution < -0.4 is 14.8 Å². The predicted octanol–water partition coefficient (Wildman–Crippen LogP) is 4.73. The number of nitrogens with one attached hydrogen (secondary N) is 2. The molecule has 1 aromatic heterocycles. The van der Waals surface area contributed by atoms with Crippen LogP contribution in [0.1, 0.15) is 5.56 Å². The van der Waals surface area contributed by atoms with Crippen LogP contribution in [-0.2, 0) is 16.6 Å². The Balaban J connectivity index is 1.55. The van der Waals surface area contributed by atoms with Gasteiger partial charge in [0, 0.05) is 23.9 Å². The maximum Gasteiger partial charge on any atom is 0.209 e. The SMILES string of the molecule is CS(=O)(=O)NCc1cccc(Nc2cc(-c3ccccc3Oc3ccccc3)ncn2)c1. The Kier molecular flexibility index (Phi) is 6.44. The quantitative estimate of drug-likeness (QED) is 0.406. The van der Waals surface area contributed by atoms with Crippen molar-refractivity contribution in [2.24, 2.45) is 0 Å². The van der Waals surface area contributed by atoms with Crippen molar-refractivity contribution in [3.63, 3.8) is 0 Å². The van der Waals surface area contributed by atoms with E-state index in [9.17, 15) is 8.42 Å². The van der Waals surface area contributed by atoms with Crippen LogP contribution in [0.4, 0.5) is 11.5 Å². The third-order valence-corrected chi connectivity index (χ3v) is 5.21. The van der Waals surface area contributed by atoms with Crippen molar-refractivity contribution in [3.8, 4) is 22.8 Å². The fourth-order valence-electron chi connectivity index (χ4n) is 3.08. The first kappa shape index (κ1) is 21.5. The smallest absolute Gasteiger partial charge is 0.209 e. The first-order valence-corrected chi connectivity index (χ1v) is 11.8. The average Bonchev–Trinajstić information content (AvgIpc) is 2.79. The molecule has 4 rings (SSSR count). The number of rotatable bonds is 8. The summed E-state index contributed by atoms with van der Waals surface area (Å²) in [7, 11) is -3.26. The minimum absolute atomic E-state index is 0.216. The van der Waals surface area contributed by atoms with Gasteiger partial charge < -0.3 is 10.1 Å². The number of nitrogens with zero attached hydrogens (tertiary/aromatic N) is 2. The molecule has 32 heavy (non-hydrogen) atoms. The van der Waals surface area contributed by atoms with Gasteiger partial charge in [0.25, 0.3) is 0 Å². The van der Waals surface area contributed by atoms with E-state index in [1.165, 1.54) is 6.33 Å². The van der Waals surface area contributed by atoms with Crippen LogP contribution >= 0.6 is 0 Å². The third kappa shape index (κ3) is 5.90. The van der Waals surface area contributed by atoms with Crippen molar-refractivity contribution in [2.45, 2.75) is 6.54 Å². The van der Waals surface area contributed by atoms with Crippen LogP contribution in [0.25, 0.3) is 11.3 Å². The third-order valence-electron chi connectivity index (χ3n) is 4.54.